The van der Waals surface area contributed by atoms with Gasteiger partial charge in [-0.05, 0) is 60.9 Å². The zero-order valence-corrected chi connectivity index (χ0v) is 27.2. The van der Waals surface area contributed by atoms with Crippen LogP contribution in [0, 0.1) is 12.7 Å². The number of anilines is 1. The van der Waals surface area contributed by atoms with E-state index in [2.05, 4.69) is 5.32 Å². The maximum absolute atomic E-state index is 15.2. The molecule has 0 aromatic heterocycles. The van der Waals surface area contributed by atoms with Gasteiger partial charge in [0.05, 0.1) is 10.6 Å². The summed E-state index contributed by atoms with van der Waals surface area (Å²) < 4.78 is 44.0. The summed E-state index contributed by atoms with van der Waals surface area (Å²) in [6.07, 6.45) is 0.800. The predicted octanol–water partition coefficient (Wildman–Crippen LogP) is 6.80. The van der Waals surface area contributed by atoms with Crippen molar-refractivity contribution in [1.82, 2.24) is 10.2 Å². The Balaban J connectivity index is 1.82. The van der Waals surface area contributed by atoms with Gasteiger partial charge in [0.15, 0.2) is 0 Å². The second-order valence-corrected chi connectivity index (χ2v) is 13.2. The Bertz CT molecular complexity index is 1740. The first-order chi connectivity index (χ1) is 21.5. The van der Waals surface area contributed by atoms with Crippen LogP contribution in [0.1, 0.15) is 30.0 Å². The van der Waals surface area contributed by atoms with E-state index in [1.807, 2.05) is 44.2 Å². The lowest BCUT2D eigenvalue weighted by Gasteiger charge is -2.34. The van der Waals surface area contributed by atoms with Crippen LogP contribution in [0.15, 0.2) is 102 Å². The van der Waals surface area contributed by atoms with Gasteiger partial charge >= 0.3 is 0 Å². The minimum atomic E-state index is -4.43. The largest absolute Gasteiger partial charge is 0.354 e. The van der Waals surface area contributed by atoms with E-state index in [9.17, 15) is 18.0 Å². The number of aryl methyl sites for hydroxylation is 1. The molecule has 0 spiro atoms. The average molecular weight is 671 g/mol. The number of carbonyl (C=O) groups is 2. The number of halogens is 3. The lowest BCUT2D eigenvalue weighted by atomic mass is 10.0. The second-order valence-electron chi connectivity index (χ2n) is 10.5. The van der Waals surface area contributed by atoms with Crippen LogP contribution in [0.25, 0.3) is 0 Å². The van der Waals surface area contributed by atoms with Crippen LogP contribution in [-0.2, 0) is 32.6 Å². The molecule has 0 heterocycles. The SMILES string of the molecule is CCCNC(=O)C(Cc1ccccc1)N(Cc1ccc(Cl)cc1Cl)C(=O)CN(c1ccccc1F)S(=O)(=O)c1ccc(C)cc1. The molecule has 7 nitrogen and oxygen atoms in total. The summed E-state index contributed by atoms with van der Waals surface area (Å²) in [5, 5.41) is 3.53. The van der Waals surface area contributed by atoms with Crippen molar-refractivity contribution < 1.29 is 22.4 Å². The number of amides is 2. The molecule has 1 unspecified atom stereocenters. The molecule has 1 atom stereocenters. The fourth-order valence-electron chi connectivity index (χ4n) is 4.76. The summed E-state index contributed by atoms with van der Waals surface area (Å²) in [6, 6.07) is 24.3. The quantitative estimate of drug-likeness (QED) is 0.170. The van der Waals surface area contributed by atoms with Crippen molar-refractivity contribution in [2.24, 2.45) is 0 Å². The number of nitrogens with one attached hydrogen (secondary N) is 1. The van der Waals surface area contributed by atoms with Crippen LogP contribution in [0.4, 0.5) is 10.1 Å². The van der Waals surface area contributed by atoms with Crippen molar-refractivity contribution in [3.8, 4) is 0 Å². The highest BCUT2D eigenvalue weighted by molar-refractivity contribution is 7.92. The molecule has 4 aromatic carbocycles. The van der Waals surface area contributed by atoms with Crippen LogP contribution in [0.5, 0.6) is 0 Å². The topological polar surface area (TPSA) is 86.8 Å². The van der Waals surface area contributed by atoms with Crippen molar-refractivity contribution in [2.75, 3.05) is 17.4 Å². The minimum absolute atomic E-state index is 0.113. The van der Waals surface area contributed by atoms with Gasteiger partial charge in [-0.25, -0.2) is 12.8 Å². The van der Waals surface area contributed by atoms with Gasteiger partial charge in [-0.15, -0.1) is 0 Å². The van der Waals surface area contributed by atoms with Crippen molar-refractivity contribution in [2.45, 2.75) is 44.2 Å². The van der Waals surface area contributed by atoms with Crippen molar-refractivity contribution >= 4 is 50.7 Å². The van der Waals surface area contributed by atoms with Gasteiger partial charge in [-0.3, -0.25) is 13.9 Å². The van der Waals surface area contributed by atoms with Gasteiger partial charge in [0.1, 0.15) is 18.4 Å². The van der Waals surface area contributed by atoms with Gasteiger partial charge in [-0.1, -0.05) is 96.4 Å². The van der Waals surface area contributed by atoms with E-state index in [0.29, 0.717) is 23.6 Å². The van der Waals surface area contributed by atoms with Crippen LogP contribution in [-0.4, -0.2) is 44.3 Å². The molecule has 0 fully saturated rings. The summed E-state index contributed by atoms with van der Waals surface area (Å²) in [5.41, 5.74) is 1.81. The Kier molecular flexibility index (Phi) is 11.6. The molecular weight excluding hydrogens is 636 g/mol. The van der Waals surface area contributed by atoms with Crippen LogP contribution < -0.4 is 9.62 Å². The van der Waals surface area contributed by atoms with Crippen LogP contribution in [0.2, 0.25) is 10.0 Å². The summed E-state index contributed by atoms with van der Waals surface area (Å²) in [4.78, 5) is 29.3. The second kappa shape index (κ2) is 15.4. The lowest BCUT2D eigenvalue weighted by molar-refractivity contribution is -0.140. The van der Waals surface area contributed by atoms with Crippen LogP contribution >= 0.6 is 23.2 Å². The first-order valence-electron chi connectivity index (χ1n) is 14.4. The highest BCUT2D eigenvalue weighted by Crippen LogP contribution is 2.28. The van der Waals surface area contributed by atoms with E-state index < -0.39 is 40.2 Å². The third-order valence-corrected chi connectivity index (χ3v) is 9.55. The highest BCUT2D eigenvalue weighted by Gasteiger charge is 2.35. The monoisotopic (exact) mass is 669 g/mol. The Morgan fingerprint density at radius 3 is 2.22 bits per heavy atom. The Labute approximate surface area is 273 Å². The summed E-state index contributed by atoms with van der Waals surface area (Å²) >= 11 is 12.6. The molecule has 0 aliphatic carbocycles. The number of hydrogen-bond donors (Lipinski definition) is 1. The molecular formula is C34H34Cl2FN3O4S. The standard InChI is InChI=1S/C34H34Cl2FN3O4S/c1-3-19-38-34(42)32(20-25-9-5-4-6-10-25)39(22-26-15-16-27(35)21-29(26)36)33(41)23-40(31-12-8-7-11-30(31)37)45(43,44)28-17-13-24(2)14-18-28/h4-18,21,32H,3,19-20,22-23H2,1-2H3,(H,38,42). The number of para-hydroxylation sites is 1. The zero-order valence-electron chi connectivity index (χ0n) is 24.9. The van der Waals surface area contributed by atoms with E-state index >= 15 is 4.39 Å². The maximum Gasteiger partial charge on any atom is 0.264 e. The van der Waals surface area contributed by atoms with Crippen LogP contribution in [0.3, 0.4) is 0 Å². The van der Waals surface area contributed by atoms with Crippen molar-refractivity contribution in [1.29, 1.82) is 0 Å². The Hall–Kier alpha value is -3.92. The van der Waals surface area contributed by atoms with Gasteiger partial charge in [-0.2, -0.15) is 0 Å². The zero-order chi connectivity index (χ0) is 32.6. The Morgan fingerprint density at radius 2 is 1.58 bits per heavy atom. The number of benzene rings is 4. The molecule has 0 bridgehead atoms. The van der Waals surface area contributed by atoms with Gasteiger partial charge in [0, 0.05) is 29.6 Å². The molecule has 0 saturated heterocycles. The lowest BCUT2D eigenvalue weighted by Crippen LogP contribution is -2.53. The highest BCUT2D eigenvalue weighted by atomic mass is 35.5. The number of sulfonamides is 1. The number of carbonyl (C=O) groups excluding carboxylic acids is 2. The van der Waals surface area contributed by atoms with E-state index in [0.717, 1.165) is 21.5 Å². The molecule has 2 amide bonds. The smallest absolute Gasteiger partial charge is 0.264 e. The summed E-state index contributed by atoms with van der Waals surface area (Å²) in [7, 11) is -4.43. The third-order valence-electron chi connectivity index (χ3n) is 7.19. The molecule has 236 valence electrons. The molecule has 0 radical (unpaired) electrons. The minimum Gasteiger partial charge on any atom is -0.354 e. The maximum atomic E-state index is 15.2. The first kappa shape index (κ1) is 34.0. The fourth-order valence-corrected chi connectivity index (χ4v) is 6.65. The average Bonchev–Trinajstić information content (AvgIpc) is 3.02. The molecule has 0 aliphatic heterocycles. The molecule has 4 aromatic rings. The molecule has 0 saturated carbocycles. The van der Waals surface area contributed by atoms with Crippen molar-refractivity contribution in [3.05, 3.63) is 130 Å². The van der Waals surface area contributed by atoms with E-state index in [-0.39, 0.29) is 28.6 Å². The molecule has 11 heteroatoms. The first-order valence-corrected chi connectivity index (χ1v) is 16.6. The molecule has 0 aliphatic rings. The number of rotatable bonds is 13. The number of nitrogens with zero attached hydrogens (tertiary/aromatic N) is 2. The van der Waals surface area contributed by atoms with E-state index in [1.165, 1.54) is 41.3 Å². The van der Waals surface area contributed by atoms with Gasteiger partial charge in [0.2, 0.25) is 11.8 Å². The van der Waals surface area contributed by atoms with E-state index in [1.54, 1.807) is 24.3 Å². The third kappa shape index (κ3) is 8.63. The van der Waals surface area contributed by atoms with Gasteiger partial charge in [0.25, 0.3) is 10.0 Å². The molecule has 1 N–H and O–H groups in total. The predicted molar refractivity (Wildman–Crippen MR) is 176 cm³/mol. The van der Waals surface area contributed by atoms with Crippen molar-refractivity contribution in [3.63, 3.8) is 0 Å². The molecule has 45 heavy (non-hydrogen) atoms. The summed E-state index contributed by atoms with van der Waals surface area (Å²) in [6.45, 7) is 3.17. The number of hydrogen-bond acceptors (Lipinski definition) is 4. The normalized spacial score (nSPS) is 11.9. The fraction of sp³-hybridized carbons (Fsp3) is 0.235. The van der Waals surface area contributed by atoms with E-state index in [4.69, 9.17) is 23.2 Å². The Morgan fingerprint density at radius 1 is 0.911 bits per heavy atom. The molecule has 4 rings (SSSR count). The van der Waals surface area contributed by atoms with Gasteiger partial charge < -0.3 is 10.2 Å². The summed E-state index contributed by atoms with van der Waals surface area (Å²) in [5.74, 6) is -1.97.